The predicted octanol–water partition coefficient (Wildman–Crippen LogP) is 2.36. The number of rotatable bonds is 4. The molecule has 0 heterocycles. The molecule has 0 radical (unpaired) electrons. The summed E-state index contributed by atoms with van der Waals surface area (Å²) < 4.78 is 10.2. The Morgan fingerprint density at radius 1 is 1.24 bits per heavy atom. The van der Waals surface area contributed by atoms with Gasteiger partial charge in [-0.25, -0.2) is 4.79 Å². The number of ether oxygens (including phenoxy) is 2. The van der Waals surface area contributed by atoms with Gasteiger partial charge in [-0.2, -0.15) is 0 Å². The zero-order valence-corrected chi connectivity index (χ0v) is 10.1. The van der Waals surface area contributed by atoms with Crippen LogP contribution in [0, 0.1) is 0 Å². The second-order valence-corrected chi connectivity index (χ2v) is 3.17. The molecular weight excluding hydrogens is 220 g/mol. The van der Waals surface area contributed by atoms with E-state index in [4.69, 9.17) is 9.47 Å². The highest BCUT2D eigenvalue weighted by Crippen LogP contribution is 2.29. The SMILES string of the molecule is C/C=C/NC(=O)Nc1ccc(OC)c(OC)c1. The summed E-state index contributed by atoms with van der Waals surface area (Å²) in [6.45, 7) is 1.82. The number of amides is 2. The van der Waals surface area contributed by atoms with E-state index in [1.807, 2.05) is 6.92 Å². The van der Waals surface area contributed by atoms with Crippen LogP contribution in [-0.4, -0.2) is 20.3 Å². The first-order valence-electron chi connectivity index (χ1n) is 5.12. The number of carbonyl (C=O) groups excluding carboxylic acids is 1. The van der Waals surface area contributed by atoms with Crippen LogP contribution in [0.3, 0.4) is 0 Å². The average Bonchev–Trinajstić information content (AvgIpc) is 2.36. The Hall–Kier alpha value is -2.17. The van der Waals surface area contributed by atoms with Crippen molar-refractivity contribution in [1.29, 1.82) is 0 Å². The largest absolute Gasteiger partial charge is 0.493 e. The van der Waals surface area contributed by atoms with Crippen LogP contribution in [-0.2, 0) is 0 Å². The fraction of sp³-hybridized carbons (Fsp3) is 0.250. The van der Waals surface area contributed by atoms with Crippen molar-refractivity contribution in [2.45, 2.75) is 6.92 Å². The Labute approximate surface area is 100 Å². The average molecular weight is 236 g/mol. The van der Waals surface area contributed by atoms with Crippen molar-refractivity contribution < 1.29 is 14.3 Å². The number of anilines is 1. The normalized spacial score (nSPS) is 10.1. The second kappa shape index (κ2) is 6.42. The summed E-state index contributed by atoms with van der Waals surface area (Å²) in [7, 11) is 3.10. The lowest BCUT2D eigenvalue weighted by Gasteiger charge is -2.10. The van der Waals surface area contributed by atoms with E-state index in [2.05, 4.69) is 10.6 Å². The van der Waals surface area contributed by atoms with Gasteiger partial charge >= 0.3 is 6.03 Å². The van der Waals surface area contributed by atoms with Crippen molar-refractivity contribution in [3.05, 3.63) is 30.5 Å². The molecule has 2 N–H and O–H groups in total. The minimum absolute atomic E-state index is 0.310. The molecule has 92 valence electrons. The molecule has 17 heavy (non-hydrogen) atoms. The Morgan fingerprint density at radius 2 is 1.94 bits per heavy atom. The van der Waals surface area contributed by atoms with Gasteiger partial charge in [-0.1, -0.05) is 6.08 Å². The molecule has 1 rings (SSSR count). The van der Waals surface area contributed by atoms with Gasteiger partial charge in [-0.05, 0) is 19.1 Å². The van der Waals surface area contributed by atoms with Crippen molar-refractivity contribution in [3.8, 4) is 11.5 Å². The molecule has 0 aromatic heterocycles. The Bertz CT molecular complexity index is 416. The lowest BCUT2D eigenvalue weighted by Crippen LogP contribution is -2.23. The number of hydrogen-bond acceptors (Lipinski definition) is 3. The molecule has 0 aliphatic heterocycles. The molecule has 0 saturated carbocycles. The van der Waals surface area contributed by atoms with E-state index in [1.54, 1.807) is 44.7 Å². The summed E-state index contributed by atoms with van der Waals surface area (Å²) in [6.07, 6.45) is 3.28. The summed E-state index contributed by atoms with van der Waals surface area (Å²) in [6, 6.07) is 4.84. The number of nitrogens with one attached hydrogen (secondary N) is 2. The van der Waals surface area contributed by atoms with Gasteiger partial charge in [0, 0.05) is 18.0 Å². The lowest BCUT2D eigenvalue weighted by molar-refractivity contribution is 0.255. The molecule has 0 aliphatic carbocycles. The Balaban J connectivity index is 2.75. The van der Waals surface area contributed by atoms with E-state index in [1.165, 1.54) is 0 Å². The third kappa shape index (κ3) is 3.71. The van der Waals surface area contributed by atoms with Crippen LogP contribution >= 0.6 is 0 Å². The quantitative estimate of drug-likeness (QED) is 0.843. The van der Waals surface area contributed by atoms with Gasteiger partial charge in [-0.15, -0.1) is 0 Å². The molecule has 0 aliphatic rings. The van der Waals surface area contributed by atoms with Crippen LogP contribution in [0.1, 0.15) is 6.92 Å². The molecule has 0 saturated heterocycles. The van der Waals surface area contributed by atoms with Gasteiger partial charge in [0.1, 0.15) is 0 Å². The molecule has 0 unspecified atom stereocenters. The second-order valence-electron chi connectivity index (χ2n) is 3.17. The molecular formula is C12H16N2O3. The molecule has 0 bridgehead atoms. The molecule has 0 atom stereocenters. The third-order valence-electron chi connectivity index (χ3n) is 2.02. The standard InChI is InChI=1S/C12H16N2O3/c1-4-7-13-12(15)14-9-5-6-10(16-2)11(8-9)17-3/h4-8H,1-3H3,(H2,13,14,15)/b7-4+. The van der Waals surface area contributed by atoms with Gasteiger partial charge in [0.25, 0.3) is 0 Å². The number of benzene rings is 1. The van der Waals surface area contributed by atoms with E-state index in [9.17, 15) is 4.79 Å². The third-order valence-corrected chi connectivity index (χ3v) is 2.02. The van der Waals surface area contributed by atoms with Crippen LogP contribution in [0.15, 0.2) is 30.5 Å². The molecule has 1 aromatic rings. The van der Waals surface area contributed by atoms with E-state index in [0.717, 1.165) is 0 Å². The van der Waals surface area contributed by atoms with Gasteiger partial charge in [0.2, 0.25) is 0 Å². The van der Waals surface area contributed by atoms with E-state index < -0.39 is 0 Å². The number of hydrogen-bond donors (Lipinski definition) is 2. The fourth-order valence-corrected chi connectivity index (χ4v) is 1.24. The van der Waals surface area contributed by atoms with E-state index in [0.29, 0.717) is 17.2 Å². The molecule has 0 fully saturated rings. The summed E-state index contributed by atoms with van der Waals surface area (Å²) in [5.74, 6) is 1.18. The van der Waals surface area contributed by atoms with Crippen LogP contribution < -0.4 is 20.1 Å². The topological polar surface area (TPSA) is 59.6 Å². The maximum Gasteiger partial charge on any atom is 0.323 e. The van der Waals surface area contributed by atoms with E-state index >= 15 is 0 Å². The Kier molecular flexibility index (Phi) is 4.87. The predicted molar refractivity (Wildman–Crippen MR) is 66.5 cm³/mol. The highest BCUT2D eigenvalue weighted by Gasteiger charge is 2.06. The number of allylic oxidation sites excluding steroid dienone is 1. The van der Waals surface area contributed by atoms with Crippen LogP contribution in [0.5, 0.6) is 11.5 Å². The van der Waals surface area contributed by atoms with Gasteiger partial charge in [0.05, 0.1) is 14.2 Å². The molecule has 0 spiro atoms. The minimum atomic E-state index is -0.310. The minimum Gasteiger partial charge on any atom is -0.493 e. The molecule has 1 aromatic carbocycles. The first-order chi connectivity index (χ1) is 8.21. The van der Waals surface area contributed by atoms with Crippen molar-refractivity contribution in [1.82, 2.24) is 5.32 Å². The van der Waals surface area contributed by atoms with Crippen LogP contribution in [0.25, 0.3) is 0 Å². The van der Waals surface area contributed by atoms with Crippen molar-refractivity contribution in [2.24, 2.45) is 0 Å². The summed E-state index contributed by atoms with van der Waals surface area (Å²) in [5.41, 5.74) is 0.629. The summed E-state index contributed by atoms with van der Waals surface area (Å²) >= 11 is 0. The maximum atomic E-state index is 11.4. The number of urea groups is 1. The zero-order valence-electron chi connectivity index (χ0n) is 10.1. The molecule has 2 amide bonds. The van der Waals surface area contributed by atoms with Gasteiger partial charge < -0.3 is 20.1 Å². The zero-order chi connectivity index (χ0) is 12.7. The molecule has 5 heteroatoms. The molecule has 5 nitrogen and oxygen atoms in total. The highest BCUT2D eigenvalue weighted by atomic mass is 16.5. The van der Waals surface area contributed by atoms with Crippen LogP contribution in [0.2, 0.25) is 0 Å². The van der Waals surface area contributed by atoms with Gasteiger partial charge in [-0.3, -0.25) is 0 Å². The van der Waals surface area contributed by atoms with Crippen LogP contribution in [0.4, 0.5) is 10.5 Å². The van der Waals surface area contributed by atoms with E-state index in [-0.39, 0.29) is 6.03 Å². The van der Waals surface area contributed by atoms with Gasteiger partial charge in [0.15, 0.2) is 11.5 Å². The van der Waals surface area contributed by atoms with Crippen molar-refractivity contribution >= 4 is 11.7 Å². The number of methoxy groups -OCH3 is 2. The number of carbonyl (C=O) groups is 1. The first kappa shape index (κ1) is 12.9. The smallest absolute Gasteiger partial charge is 0.323 e. The lowest BCUT2D eigenvalue weighted by atomic mass is 10.3. The monoisotopic (exact) mass is 236 g/mol. The Morgan fingerprint density at radius 3 is 2.53 bits per heavy atom. The maximum absolute atomic E-state index is 11.4. The summed E-state index contributed by atoms with van der Waals surface area (Å²) in [4.78, 5) is 11.4. The first-order valence-corrected chi connectivity index (χ1v) is 5.12. The fourth-order valence-electron chi connectivity index (χ4n) is 1.24. The van der Waals surface area contributed by atoms with Crippen molar-refractivity contribution in [2.75, 3.05) is 19.5 Å². The van der Waals surface area contributed by atoms with Crippen molar-refractivity contribution in [3.63, 3.8) is 0 Å². The summed E-state index contributed by atoms with van der Waals surface area (Å²) in [5, 5.41) is 5.21. The highest BCUT2D eigenvalue weighted by molar-refractivity contribution is 5.90.